The highest BCUT2D eigenvalue weighted by Crippen LogP contribution is 1.95. The summed E-state index contributed by atoms with van der Waals surface area (Å²) in [7, 11) is 0. The molecule has 14 heavy (non-hydrogen) atoms. The minimum Gasteiger partial charge on any atom is -0.478 e. The summed E-state index contributed by atoms with van der Waals surface area (Å²) in [4.78, 5) is 14.1. The first-order chi connectivity index (χ1) is 6.79. The van der Waals surface area contributed by atoms with E-state index in [-0.39, 0.29) is 6.61 Å². The lowest BCUT2D eigenvalue weighted by Gasteiger charge is -1.98. The van der Waals surface area contributed by atoms with Crippen molar-refractivity contribution in [3.63, 3.8) is 0 Å². The number of hydrogen-bond acceptors (Lipinski definition) is 3. The Hall–Kier alpha value is -1.68. The van der Waals surface area contributed by atoms with Crippen LogP contribution in [0.1, 0.15) is 5.69 Å². The molecule has 0 saturated heterocycles. The van der Waals surface area contributed by atoms with Gasteiger partial charge >= 0.3 is 5.97 Å². The van der Waals surface area contributed by atoms with E-state index in [4.69, 9.17) is 9.84 Å². The van der Waals surface area contributed by atoms with Crippen LogP contribution in [-0.2, 0) is 16.1 Å². The van der Waals surface area contributed by atoms with Gasteiger partial charge in [0.15, 0.2) is 0 Å². The summed E-state index contributed by atoms with van der Waals surface area (Å²) in [6, 6.07) is 5.55. The molecule has 0 bridgehead atoms. The van der Waals surface area contributed by atoms with E-state index in [0.717, 1.165) is 11.8 Å². The van der Waals surface area contributed by atoms with Crippen molar-refractivity contribution < 1.29 is 14.6 Å². The topological polar surface area (TPSA) is 59.4 Å². The van der Waals surface area contributed by atoms with Gasteiger partial charge in [-0.05, 0) is 12.1 Å². The molecule has 0 radical (unpaired) electrons. The number of rotatable bonds is 5. The molecule has 1 aromatic rings. The maximum absolute atomic E-state index is 10.1. The highest BCUT2D eigenvalue weighted by atomic mass is 16.5. The lowest BCUT2D eigenvalue weighted by molar-refractivity contribution is -0.131. The molecule has 4 nitrogen and oxygen atoms in total. The van der Waals surface area contributed by atoms with Crippen molar-refractivity contribution >= 4 is 5.97 Å². The summed E-state index contributed by atoms with van der Waals surface area (Å²) in [5.74, 6) is -0.966. The summed E-state index contributed by atoms with van der Waals surface area (Å²) < 4.78 is 5.16. The molecule has 0 saturated carbocycles. The average molecular weight is 193 g/mol. The third kappa shape index (κ3) is 4.37. The predicted octanol–water partition coefficient (Wildman–Crippen LogP) is 1.24. The van der Waals surface area contributed by atoms with Gasteiger partial charge in [0.2, 0.25) is 0 Å². The van der Waals surface area contributed by atoms with Crippen LogP contribution in [0.3, 0.4) is 0 Å². The molecule has 0 atom stereocenters. The molecular formula is C10H11NO3. The van der Waals surface area contributed by atoms with Gasteiger partial charge in [0.05, 0.1) is 18.9 Å². The van der Waals surface area contributed by atoms with Crippen LogP contribution < -0.4 is 0 Å². The van der Waals surface area contributed by atoms with Crippen LogP contribution in [-0.4, -0.2) is 22.7 Å². The fourth-order valence-corrected chi connectivity index (χ4v) is 0.864. The van der Waals surface area contributed by atoms with Gasteiger partial charge in [-0.3, -0.25) is 4.98 Å². The number of carbonyl (C=O) groups is 1. The van der Waals surface area contributed by atoms with Crippen LogP contribution in [0, 0.1) is 0 Å². The van der Waals surface area contributed by atoms with Crippen molar-refractivity contribution in [3.8, 4) is 0 Å². The second-order valence-corrected chi connectivity index (χ2v) is 2.58. The van der Waals surface area contributed by atoms with E-state index in [0.29, 0.717) is 6.61 Å². The number of aliphatic carboxylic acids is 1. The number of aromatic nitrogens is 1. The van der Waals surface area contributed by atoms with E-state index in [2.05, 4.69) is 4.98 Å². The number of carboxylic acid groups (broad SMARTS) is 1. The summed E-state index contributed by atoms with van der Waals surface area (Å²) in [5, 5.41) is 8.28. The highest BCUT2D eigenvalue weighted by molar-refractivity contribution is 5.79. The van der Waals surface area contributed by atoms with Crippen molar-refractivity contribution in [1.29, 1.82) is 0 Å². The second kappa shape index (κ2) is 5.88. The molecule has 0 aliphatic heterocycles. The van der Waals surface area contributed by atoms with Crippen molar-refractivity contribution in [3.05, 3.63) is 42.2 Å². The zero-order chi connectivity index (χ0) is 10.2. The number of nitrogens with zero attached hydrogens (tertiary/aromatic N) is 1. The minimum atomic E-state index is -0.966. The van der Waals surface area contributed by atoms with Gasteiger partial charge in [0.25, 0.3) is 0 Å². The normalized spacial score (nSPS) is 10.6. The Morgan fingerprint density at radius 3 is 3.07 bits per heavy atom. The Labute approximate surface area is 81.9 Å². The number of pyridine rings is 1. The first-order valence-corrected chi connectivity index (χ1v) is 4.16. The fourth-order valence-electron chi connectivity index (χ4n) is 0.864. The number of hydrogen-bond donors (Lipinski definition) is 1. The summed E-state index contributed by atoms with van der Waals surface area (Å²) in [6.45, 7) is 0.674. The molecule has 1 N–H and O–H groups in total. The Bertz CT molecular complexity index is 308. The SMILES string of the molecule is O=C(O)/C=C/COCc1ccccn1. The zero-order valence-electron chi connectivity index (χ0n) is 7.59. The molecule has 0 aliphatic rings. The Morgan fingerprint density at radius 2 is 2.43 bits per heavy atom. The average Bonchev–Trinajstić information content (AvgIpc) is 2.18. The minimum absolute atomic E-state index is 0.281. The molecule has 0 aromatic carbocycles. The monoisotopic (exact) mass is 193 g/mol. The quantitative estimate of drug-likeness (QED) is 0.564. The smallest absolute Gasteiger partial charge is 0.328 e. The van der Waals surface area contributed by atoms with Gasteiger partial charge in [-0.2, -0.15) is 0 Å². The summed E-state index contributed by atoms with van der Waals surface area (Å²) >= 11 is 0. The van der Waals surface area contributed by atoms with Crippen LogP contribution in [0.5, 0.6) is 0 Å². The lowest BCUT2D eigenvalue weighted by atomic mass is 10.4. The maximum atomic E-state index is 10.1. The van der Waals surface area contributed by atoms with Crippen molar-refractivity contribution in [1.82, 2.24) is 4.98 Å². The molecule has 4 heteroatoms. The van der Waals surface area contributed by atoms with E-state index in [1.807, 2.05) is 18.2 Å². The first-order valence-electron chi connectivity index (χ1n) is 4.16. The van der Waals surface area contributed by atoms with Crippen LogP contribution in [0.2, 0.25) is 0 Å². The molecule has 0 spiro atoms. The van der Waals surface area contributed by atoms with Gasteiger partial charge in [-0.25, -0.2) is 4.79 Å². The van der Waals surface area contributed by atoms with E-state index in [1.54, 1.807) is 6.20 Å². The van der Waals surface area contributed by atoms with Gasteiger partial charge < -0.3 is 9.84 Å². The van der Waals surface area contributed by atoms with Crippen LogP contribution in [0.4, 0.5) is 0 Å². The van der Waals surface area contributed by atoms with Crippen molar-refractivity contribution in [2.24, 2.45) is 0 Å². The first kappa shape index (κ1) is 10.4. The highest BCUT2D eigenvalue weighted by Gasteiger charge is 1.91. The lowest BCUT2D eigenvalue weighted by Crippen LogP contribution is -1.96. The second-order valence-electron chi connectivity index (χ2n) is 2.58. The summed E-state index contributed by atoms with van der Waals surface area (Å²) in [5.41, 5.74) is 0.830. The molecule has 1 rings (SSSR count). The third-order valence-corrected chi connectivity index (χ3v) is 1.45. The van der Waals surface area contributed by atoms with Crippen LogP contribution in [0.15, 0.2) is 36.5 Å². The third-order valence-electron chi connectivity index (χ3n) is 1.45. The molecule has 0 fully saturated rings. The fraction of sp³-hybridized carbons (Fsp3) is 0.200. The Kier molecular flexibility index (Phi) is 4.37. The van der Waals surface area contributed by atoms with Gasteiger partial charge in [-0.1, -0.05) is 12.1 Å². The maximum Gasteiger partial charge on any atom is 0.328 e. The van der Waals surface area contributed by atoms with E-state index < -0.39 is 5.97 Å². The van der Waals surface area contributed by atoms with Crippen molar-refractivity contribution in [2.45, 2.75) is 6.61 Å². The van der Waals surface area contributed by atoms with E-state index >= 15 is 0 Å². The summed E-state index contributed by atoms with van der Waals surface area (Å²) in [6.07, 6.45) is 4.19. The number of carboxylic acids is 1. The molecule has 0 amide bonds. The molecule has 0 aliphatic carbocycles. The van der Waals surface area contributed by atoms with Gasteiger partial charge in [0.1, 0.15) is 0 Å². The van der Waals surface area contributed by atoms with Crippen LogP contribution >= 0.6 is 0 Å². The van der Waals surface area contributed by atoms with Crippen LogP contribution in [0.25, 0.3) is 0 Å². The van der Waals surface area contributed by atoms with Crippen molar-refractivity contribution in [2.75, 3.05) is 6.61 Å². The van der Waals surface area contributed by atoms with Gasteiger partial charge in [-0.15, -0.1) is 0 Å². The molecule has 0 unspecified atom stereocenters. The largest absolute Gasteiger partial charge is 0.478 e. The standard InChI is InChI=1S/C10H11NO3/c12-10(13)5-3-7-14-8-9-4-1-2-6-11-9/h1-6H,7-8H2,(H,12,13)/b5-3+. The van der Waals surface area contributed by atoms with Gasteiger partial charge in [0, 0.05) is 12.3 Å². The molecular weight excluding hydrogens is 182 g/mol. The molecule has 74 valence electrons. The Morgan fingerprint density at radius 1 is 1.57 bits per heavy atom. The zero-order valence-corrected chi connectivity index (χ0v) is 7.59. The Balaban J connectivity index is 2.19. The number of ether oxygens (including phenoxy) is 1. The van der Waals surface area contributed by atoms with E-state index in [9.17, 15) is 4.79 Å². The predicted molar refractivity (Wildman–Crippen MR) is 50.7 cm³/mol. The molecule has 1 aromatic heterocycles. The van der Waals surface area contributed by atoms with E-state index in [1.165, 1.54) is 6.08 Å². The molecule has 1 heterocycles.